The second kappa shape index (κ2) is 10.7. The van der Waals surface area contributed by atoms with Gasteiger partial charge in [0.2, 0.25) is 0 Å². The molecule has 35 heavy (non-hydrogen) atoms. The maximum Gasteiger partial charge on any atom is 0.339 e. The summed E-state index contributed by atoms with van der Waals surface area (Å²) in [7, 11) is 1.60. The summed E-state index contributed by atoms with van der Waals surface area (Å²) in [5.74, 6) is 4.52. The standard InChI is InChI=1S/C28H34O7/c1-27(2)10-11-28(3,4)22-16-25(35-17-34-13-12-33-5)20(15-21(22)27)23(29)9-7-18-6-8-19(26(31)32)24(30)14-18/h6,8,14-16,23,29-30H,10-13,17H2,1-5H3,(H,31,32). The molecule has 0 fully saturated rings. The van der Waals surface area contributed by atoms with Gasteiger partial charge in [-0.1, -0.05) is 39.5 Å². The van der Waals surface area contributed by atoms with E-state index in [0.717, 1.165) is 18.4 Å². The third-order valence-electron chi connectivity index (χ3n) is 6.59. The van der Waals surface area contributed by atoms with Gasteiger partial charge in [-0.25, -0.2) is 4.79 Å². The molecule has 1 aliphatic rings. The molecule has 0 spiro atoms. The van der Waals surface area contributed by atoms with Crippen LogP contribution in [0.4, 0.5) is 0 Å². The third kappa shape index (κ3) is 6.15. The van der Waals surface area contributed by atoms with Gasteiger partial charge >= 0.3 is 5.97 Å². The maximum absolute atomic E-state index is 11.1. The summed E-state index contributed by atoms with van der Waals surface area (Å²) in [4.78, 5) is 11.1. The Morgan fingerprint density at radius 2 is 1.71 bits per heavy atom. The molecule has 1 atom stereocenters. The molecule has 2 aromatic carbocycles. The predicted molar refractivity (Wildman–Crippen MR) is 132 cm³/mol. The number of aromatic carboxylic acids is 1. The number of carboxylic acids is 1. The van der Waals surface area contributed by atoms with Gasteiger partial charge < -0.3 is 29.5 Å². The van der Waals surface area contributed by atoms with Crippen molar-refractivity contribution >= 4 is 5.97 Å². The Labute approximate surface area is 206 Å². The Balaban J connectivity index is 1.98. The lowest BCUT2D eigenvalue weighted by Crippen LogP contribution is -2.34. The second-order valence-electron chi connectivity index (χ2n) is 10.1. The highest BCUT2D eigenvalue weighted by Gasteiger charge is 2.38. The van der Waals surface area contributed by atoms with E-state index in [1.54, 1.807) is 7.11 Å². The molecule has 0 saturated heterocycles. The van der Waals surface area contributed by atoms with E-state index in [4.69, 9.17) is 19.3 Å². The van der Waals surface area contributed by atoms with Crippen LogP contribution in [0.1, 0.15) is 79.3 Å². The molecule has 1 aliphatic carbocycles. The zero-order valence-electron chi connectivity index (χ0n) is 21.0. The number of benzene rings is 2. The molecule has 0 saturated carbocycles. The van der Waals surface area contributed by atoms with Gasteiger partial charge in [0, 0.05) is 18.2 Å². The lowest BCUT2D eigenvalue weighted by molar-refractivity contribution is -0.00957. The number of carboxylic acid groups (broad SMARTS) is 1. The smallest absolute Gasteiger partial charge is 0.339 e. The fourth-order valence-corrected chi connectivity index (χ4v) is 4.28. The summed E-state index contributed by atoms with van der Waals surface area (Å²) in [5.41, 5.74) is 2.93. The minimum atomic E-state index is -1.23. The highest BCUT2D eigenvalue weighted by atomic mass is 16.7. The summed E-state index contributed by atoms with van der Waals surface area (Å²) in [5, 5.41) is 30.1. The summed E-state index contributed by atoms with van der Waals surface area (Å²) in [6.07, 6.45) is 0.884. The molecular formula is C28H34O7. The molecule has 3 N–H and O–H groups in total. The van der Waals surface area contributed by atoms with Gasteiger partial charge in [-0.05, 0) is 65.1 Å². The minimum Gasteiger partial charge on any atom is -0.507 e. The van der Waals surface area contributed by atoms with Crippen molar-refractivity contribution in [3.8, 4) is 23.3 Å². The van der Waals surface area contributed by atoms with E-state index in [0.29, 0.717) is 30.1 Å². The average molecular weight is 483 g/mol. The Kier molecular flexibility index (Phi) is 8.11. The molecule has 0 amide bonds. The van der Waals surface area contributed by atoms with E-state index in [1.165, 1.54) is 23.8 Å². The largest absolute Gasteiger partial charge is 0.507 e. The average Bonchev–Trinajstić information content (AvgIpc) is 2.80. The topological polar surface area (TPSA) is 105 Å². The monoisotopic (exact) mass is 482 g/mol. The zero-order chi connectivity index (χ0) is 25.8. The number of phenols is 1. The number of aliphatic hydroxyl groups is 1. The van der Waals surface area contributed by atoms with Gasteiger partial charge in [0.25, 0.3) is 0 Å². The third-order valence-corrected chi connectivity index (χ3v) is 6.59. The first-order valence-corrected chi connectivity index (χ1v) is 11.6. The number of ether oxygens (including phenoxy) is 3. The molecule has 188 valence electrons. The Bertz CT molecular complexity index is 1140. The zero-order valence-corrected chi connectivity index (χ0v) is 21.0. The fourth-order valence-electron chi connectivity index (χ4n) is 4.28. The van der Waals surface area contributed by atoms with E-state index in [2.05, 4.69) is 39.5 Å². The molecule has 2 aromatic rings. The van der Waals surface area contributed by atoms with Crippen LogP contribution in [0.15, 0.2) is 30.3 Å². The second-order valence-corrected chi connectivity index (χ2v) is 10.1. The highest BCUT2D eigenvalue weighted by Crippen LogP contribution is 2.48. The molecule has 7 nitrogen and oxygen atoms in total. The number of methoxy groups -OCH3 is 1. The Hall–Kier alpha value is -3.05. The minimum absolute atomic E-state index is 0.00361. The molecule has 0 radical (unpaired) electrons. The number of hydrogen-bond acceptors (Lipinski definition) is 6. The SMILES string of the molecule is COCCOCOc1cc2c(cc1C(O)C#Cc1ccc(C(=O)O)c(O)c1)C(C)(C)CCC2(C)C. The van der Waals surface area contributed by atoms with E-state index in [-0.39, 0.29) is 28.9 Å². The van der Waals surface area contributed by atoms with Crippen LogP contribution in [0.2, 0.25) is 0 Å². The number of carbonyl (C=O) groups is 1. The lowest BCUT2D eigenvalue weighted by Gasteiger charge is -2.42. The van der Waals surface area contributed by atoms with Crippen molar-refractivity contribution in [2.45, 2.75) is 57.5 Å². The van der Waals surface area contributed by atoms with Crippen LogP contribution >= 0.6 is 0 Å². The van der Waals surface area contributed by atoms with Gasteiger partial charge in [0.15, 0.2) is 6.79 Å². The molecule has 0 bridgehead atoms. The normalized spacial score (nSPS) is 16.5. The van der Waals surface area contributed by atoms with Crippen molar-refractivity contribution < 1.29 is 34.3 Å². The van der Waals surface area contributed by atoms with Crippen LogP contribution in [0.5, 0.6) is 11.5 Å². The highest BCUT2D eigenvalue weighted by molar-refractivity contribution is 5.90. The summed E-state index contributed by atoms with van der Waals surface area (Å²) in [6, 6.07) is 8.00. The number of fused-ring (bicyclic) bond motifs is 1. The quantitative estimate of drug-likeness (QED) is 0.289. The molecule has 0 heterocycles. The summed E-state index contributed by atoms with van der Waals surface area (Å²) < 4.78 is 16.4. The predicted octanol–water partition coefficient (Wildman–Crippen LogP) is 4.52. The van der Waals surface area contributed by atoms with Crippen molar-refractivity contribution in [2.24, 2.45) is 0 Å². The molecule has 1 unspecified atom stereocenters. The number of aromatic hydroxyl groups is 1. The number of aliphatic hydroxyl groups excluding tert-OH is 1. The molecule has 3 rings (SSSR count). The van der Waals surface area contributed by atoms with Gasteiger partial charge in [0.1, 0.15) is 23.2 Å². The van der Waals surface area contributed by atoms with Gasteiger partial charge in [-0.15, -0.1) is 0 Å². The van der Waals surface area contributed by atoms with Gasteiger partial charge in [-0.2, -0.15) is 0 Å². The first-order chi connectivity index (χ1) is 16.5. The van der Waals surface area contributed by atoms with E-state index >= 15 is 0 Å². The van der Waals surface area contributed by atoms with Crippen LogP contribution in [0.25, 0.3) is 0 Å². The number of hydrogen-bond donors (Lipinski definition) is 3. The fraction of sp³-hybridized carbons (Fsp3) is 0.464. The lowest BCUT2D eigenvalue weighted by atomic mass is 9.62. The molecule has 0 aliphatic heterocycles. The molecular weight excluding hydrogens is 448 g/mol. The first kappa shape index (κ1) is 26.6. The van der Waals surface area contributed by atoms with Crippen LogP contribution in [-0.4, -0.2) is 48.4 Å². The van der Waals surface area contributed by atoms with Crippen LogP contribution in [0.3, 0.4) is 0 Å². The first-order valence-electron chi connectivity index (χ1n) is 11.6. The van der Waals surface area contributed by atoms with E-state index in [1.807, 2.05) is 12.1 Å². The van der Waals surface area contributed by atoms with Crippen molar-refractivity contribution in [2.75, 3.05) is 27.1 Å². The van der Waals surface area contributed by atoms with Crippen molar-refractivity contribution in [1.82, 2.24) is 0 Å². The Morgan fingerprint density at radius 3 is 2.31 bits per heavy atom. The van der Waals surface area contributed by atoms with Gasteiger partial charge in [0.05, 0.1) is 13.2 Å². The maximum atomic E-state index is 11.1. The van der Waals surface area contributed by atoms with E-state index < -0.39 is 12.1 Å². The van der Waals surface area contributed by atoms with Crippen molar-refractivity contribution in [1.29, 1.82) is 0 Å². The van der Waals surface area contributed by atoms with Crippen LogP contribution in [-0.2, 0) is 20.3 Å². The van der Waals surface area contributed by atoms with Crippen molar-refractivity contribution in [3.63, 3.8) is 0 Å². The van der Waals surface area contributed by atoms with Crippen molar-refractivity contribution in [3.05, 3.63) is 58.1 Å². The van der Waals surface area contributed by atoms with Gasteiger partial charge in [-0.3, -0.25) is 0 Å². The molecule has 0 aromatic heterocycles. The summed E-state index contributed by atoms with van der Waals surface area (Å²) in [6.45, 7) is 9.65. The Morgan fingerprint density at radius 1 is 1.06 bits per heavy atom. The van der Waals surface area contributed by atoms with Crippen LogP contribution in [0, 0.1) is 11.8 Å². The van der Waals surface area contributed by atoms with E-state index in [9.17, 15) is 15.0 Å². The molecule has 7 heteroatoms. The van der Waals surface area contributed by atoms with Crippen LogP contribution < -0.4 is 4.74 Å². The number of rotatable bonds is 8. The summed E-state index contributed by atoms with van der Waals surface area (Å²) >= 11 is 0.